The van der Waals surface area contributed by atoms with Gasteiger partial charge in [-0.3, -0.25) is 4.90 Å². The molecule has 1 atom stereocenters. The fraction of sp³-hybridized carbons (Fsp3) is 0.600. The van der Waals surface area contributed by atoms with Crippen LogP contribution in [0.25, 0.3) is 0 Å². The monoisotopic (exact) mass is 250 g/mol. The number of halogens is 1. The SMILES string of the molecule is CCCC1CCN(Cc2ccc(CN)cc2F)C1. The predicted molar refractivity (Wildman–Crippen MR) is 72.6 cm³/mol. The maximum absolute atomic E-state index is 13.9. The van der Waals surface area contributed by atoms with E-state index in [-0.39, 0.29) is 5.82 Å². The quantitative estimate of drug-likeness (QED) is 0.870. The molecule has 1 aromatic carbocycles. The topological polar surface area (TPSA) is 29.3 Å². The molecule has 0 bridgehead atoms. The van der Waals surface area contributed by atoms with Crippen LogP contribution in [-0.2, 0) is 13.1 Å². The third-order valence-electron chi connectivity index (χ3n) is 3.81. The number of nitrogens with zero attached hydrogens (tertiary/aromatic N) is 1. The van der Waals surface area contributed by atoms with Gasteiger partial charge < -0.3 is 5.73 Å². The molecule has 0 saturated carbocycles. The first-order chi connectivity index (χ1) is 8.72. The first-order valence-electron chi connectivity index (χ1n) is 6.92. The van der Waals surface area contributed by atoms with Gasteiger partial charge in [0.15, 0.2) is 0 Å². The molecule has 3 heteroatoms. The number of likely N-dealkylation sites (tertiary alicyclic amines) is 1. The summed E-state index contributed by atoms with van der Waals surface area (Å²) in [5.74, 6) is 0.693. The Balaban J connectivity index is 1.94. The molecule has 0 spiro atoms. The zero-order chi connectivity index (χ0) is 13.0. The number of nitrogens with two attached hydrogens (primary N) is 1. The Morgan fingerprint density at radius 1 is 1.44 bits per heavy atom. The number of hydrogen-bond acceptors (Lipinski definition) is 2. The summed E-state index contributed by atoms with van der Waals surface area (Å²) in [6.07, 6.45) is 3.81. The van der Waals surface area contributed by atoms with E-state index in [2.05, 4.69) is 11.8 Å². The lowest BCUT2D eigenvalue weighted by molar-refractivity contribution is 0.308. The molecule has 1 fully saturated rings. The van der Waals surface area contributed by atoms with Crippen molar-refractivity contribution in [2.75, 3.05) is 13.1 Å². The summed E-state index contributed by atoms with van der Waals surface area (Å²) in [6, 6.07) is 5.37. The lowest BCUT2D eigenvalue weighted by Crippen LogP contribution is -2.20. The Morgan fingerprint density at radius 2 is 2.28 bits per heavy atom. The zero-order valence-corrected chi connectivity index (χ0v) is 11.2. The summed E-state index contributed by atoms with van der Waals surface area (Å²) in [7, 11) is 0. The van der Waals surface area contributed by atoms with Crippen LogP contribution in [0.15, 0.2) is 18.2 Å². The van der Waals surface area contributed by atoms with Crippen LogP contribution in [0.2, 0.25) is 0 Å². The van der Waals surface area contributed by atoms with Crippen molar-refractivity contribution in [3.63, 3.8) is 0 Å². The van der Waals surface area contributed by atoms with E-state index in [1.807, 2.05) is 12.1 Å². The Hall–Kier alpha value is -0.930. The number of hydrogen-bond donors (Lipinski definition) is 1. The molecule has 2 N–H and O–H groups in total. The fourth-order valence-corrected chi connectivity index (χ4v) is 2.79. The van der Waals surface area contributed by atoms with E-state index in [0.717, 1.165) is 36.7 Å². The summed E-state index contributed by atoms with van der Waals surface area (Å²) in [5.41, 5.74) is 7.17. The zero-order valence-electron chi connectivity index (χ0n) is 11.2. The van der Waals surface area contributed by atoms with Crippen LogP contribution in [0.5, 0.6) is 0 Å². The van der Waals surface area contributed by atoms with Crippen LogP contribution in [0.1, 0.15) is 37.3 Å². The van der Waals surface area contributed by atoms with Gasteiger partial charge in [0.1, 0.15) is 5.82 Å². The van der Waals surface area contributed by atoms with Gasteiger partial charge >= 0.3 is 0 Å². The molecule has 18 heavy (non-hydrogen) atoms. The van der Waals surface area contributed by atoms with Gasteiger partial charge in [-0.05, 0) is 36.9 Å². The van der Waals surface area contributed by atoms with Gasteiger partial charge in [0, 0.05) is 25.2 Å². The average Bonchev–Trinajstić information content (AvgIpc) is 2.80. The van der Waals surface area contributed by atoms with Gasteiger partial charge in [-0.15, -0.1) is 0 Å². The molecule has 1 aliphatic heterocycles. The van der Waals surface area contributed by atoms with Crippen molar-refractivity contribution in [1.82, 2.24) is 4.90 Å². The lowest BCUT2D eigenvalue weighted by Gasteiger charge is -2.16. The van der Waals surface area contributed by atoms with Crippen LogP contribution >= 0.6 is 0 Å². The second-order valence-corrected chi connectivity index (χ2v) is 5.31. The molecule has 0 radical (unpaired) electrons. The van der Waals surface area contributed by atoms with Crippen molar-refractivity contribution in [2.24, 2.45) is 11.7 Å². The van der Waals surface area contributed by atoms with Gasteiger partial charge in [0.05, 0.1) is 0 Å². The van der Waals surface area contributed by atoms with Crippen molar-refractivity contribution in [2.45, 2.75) is 39.3 Å². The van der Waals surface area contributed by atoms with E-state index < -0.39 is 0 Å². The molecule has 0 amide bonds. The van der Waals surface area contributed by atoms with Crippen molar-refractivity contribution in [1.29, 1.82) is 0 Å². The van der Waals surface area contributed by atoms with Gasteiger partial charge in [0.25, 0.3) is 0 Å². The molecular weight excluding hydrogens is 227 g/mol. The van der Waals surface area contributed by atoms with Gasteiger partial charge in [0.2, 0.25) is 0 Å². The fourth-order valence-electron chi connectivity index (χ4n) is 2.79. The van der Waals surface area contributed by atoms with Crippen molar-refractivity contribution in [3.8, 4) is 0 Å². The third kappa shape index (κ3) is 3.30. The Labute approximate surface area is 109 Å². The normalized spacial score (nSPS) is 20.5. The Morgan fingerprint density at radius 3 is 2.94 bits per heavy atom. The number of rotatable bonds is 5. The minimum atomic E-state index is -0.114. The van der Waals surface area contributed by atoms with Crippen molar-refractivity contribution >= 4 is 0 Å². The Kier molecular flexibility index (Phi) is 4.72. The molecule has 100 valence electrons. The van der Waals surface area contributed by atoms with Crippen LogP contribution < -0.4 is 5.73 Å². The second kappa shape index (κ2) is 6.30. The van der Waals surface area contributed by atoms with Gasteiger partial charge in [-0.1, -0.05) is 25.5 Å². The lowest BCUT2D eigenvalue weighted by atomic mass is 10.0. The summed E-state index contributed by atoms with van der Waals surface area (Å²) in [5, 5.41) is 0. The highest BCUT2D eigenvalue weighted by molar-refractivity contribution is 5.24. The molecule has 1 heterocycles. The van der Waals surface area contributed by atoms with Crippen LogP contribution in [0.4, 0.5) is 4.39 Å². The van der Waals surface area contributed by atoms with Gasteiger partial charge in [-0.2, -0.15) is 0 Å². The summed E-state index contributed by atoms with van der Waals surface area (Å²) in [4.78, 5) is 2.36. The average molecular weight is 250 g/mol. The molecule has 1 unspecified atom stereocenters. The highest BCUT2D eigenvalue weighted by atomic mass is 19.1. The third-order valence-corrected chi connectivity index (χ3v) is 3.81. The smallest absolute Gasteiger partial charge is 0.128 e. The summed E-state index contributed by atoms with van der Waals surface area (Å²) < 4.78 is 13.9. The van der Waals surface area contributed by atoms with Gasteiger partial charge in [-0.25, -0.2) is 4.39 Å². The molecule has 1 aromatic rings. The number of benzene rings is 1. The first kappa shape index (κ1) is 13.5. The molecular formula is C15H23FN2. The minimum absolute atomic E-state index is 0.114. The van der Waals surface area contributed by atoms with E-state index >= 15 is 0 Å². The van der Waals surface area contributed by atoms with Crippen LogP contribution in [0, 0.1) is 11.7 Å². The van der Waals surface area contributed by atoms with Crippen LogP contribution in [0.3, 0.4) is 0 Å². The highest BCUT2D eigenvalue weighted by Gasteiger charge is 2.22. The molecule has 2 nitrogen and oxygen atoms in total. The van der Waals surface area contributed by atoms with E-state index in [1.165, 1.54) is 19.3 Å². The second-order valence-electron chi connectivity index (χ2n) is 5.31. The predicted octanol–water partition coefficient (Wildman–Crippen LogP) is 2.91. The standard InChI is InChI=1S/C15H23FN2/c1-2-3-12-6-7-18(10-12)11-14-5-4-13(9-17)8-15(14)16/h4-5,8,12H,2-3,6-7,9-11,17H2,1H3. The molecule has 1 saturated heterocycles. The molecule has 1 aliphatic rings. The van der Waals surface area contributed by atoms with E-state index in [0.29, 0.717) is 6.54 Å². The summed E-state index contributed by atoms with van der Waals surface area (Å²) in [6.45, 7) is 5.58. The molecule has 2 rings (SSSR count). The maximum Gasteiger partial charge on any atom is 0.128 e. The Bertz CT molecular complexity index is 392. The molecule has 0 aliphatic carbocycles. The minimum Gasteiger partial charge on any atom is -0.326 e. The van der Waals surface area contributed by atoms with E-state index in [1.54, 1.807) is 6.07 Å². The summed E-state index contributed by atoms with van der Waals surface area (Å²) >= 11 is 0. The largest absolute Gasteiger partial charge is 0.326 e. The van der Waals surface area contributed by atoms with E-state index in [9.17, 15) is 4.39 Å². The first-order valence-corrected chi connectivity index (χ1v) is 6.92. The highest BCUT2D eigenvalue weighted by Crippen LogP contribution is 2.23. The van der Waals surface area contributed by atoms with Crippen LogP contribution in [-0.4, -0.2) is 18.0 Å². The maximum atomic E-state index is 13.9. The molecule has 0 aromatic heterocycles. The van der Waals surface area contributed by atoms with E-state index in [4.69, 9.17) is 5.73 Å². The van der Waals surface area contributed by atoms with Crippen molar-refractivity contribution in [3.05, 3.63) is 35.1 Å². The van der Waals surface area contributed by atoms with Crippen molar-refractivity contribution < 1.29 is 4.39 Å².